The number of aromatic carboxylic acids is 1. The summed E-state index contributed by atoms with van der Waals surface area (Å²) in [6.07, 6.45) is 0. The summed E-state index contributed by atoms with van der Waals surface area (Å²) in [5.41, 5.74) is 0. The quantitative estimate of drug-likeness (QED) is 0.909. The summed E-state index contributed by atoms with van der Waals surface area (Å²) in [6, 6.07) is 9.83. The number of hydrogen-bond donors (Lipinski definition) is 1. The van der Waals surface area contributed by atoms with E-state index >= 15 is 0 Å². The second kappa shape index (κ2) is 5.71. The zero-order valence-electron chi connectivity index (χ0n) is 10.2. The molecule has 0 bridgehead atoms. The Morgan fingerprint density at radius 3 is 2.68 bits per heavy atom. The van der Waals surface area contributed by atoms with Crippen LogP contribution in [0.5, 0.6) is 5.75 Å². The molecule has 0 aliphatic carbocycles. The van der Waals surface area contributed by atoms with Crippen LogP contribution in [0.1, 0.15) is 16.3 Å². The minimum atomic E-state index is -1.36. The van der Waals surface area contributed by atoms with E-state index in [0.29, 0.717) is 16.4 Å². The summed E-state index contributed by atoms with van der Waals surface area (Å²) >= 11 is 0. The first kappa shape index (κ1) is 13.4. The van der Waals surface area contributed by atoms with Crippen LogP contribution in [0.15, 0.2) is 45.7 Å². The topological polar surface area (TPSA) is 76.7 Å². The fourth-order valence-electron chi connectivity index (χ4n) is 1.58. The SMILES string of the molecule is COc1ccccc1S(=O)Cc1ccc(C(=O)O)o1. The number of hydrogen-bond acceptors (Lipinski definition) is 4. The molecule has 1 aromatic carbocycles. The molecule has 1 heterocycles. The fraction of sp³-hybridized carbons (Fsp3) is 0.154. The highest BCUT2D eigenvalue weighted by atomic mass is 32.2. The van der Waals surface area contributed by atoms with Gasteiger partial charge in [-0.05, 0) is 24.3 Å². The molecule has 0 spiro atoms. The van der Waals surface area contributed by atoms with Crippen molar-refractivity contribution in [1.82, 2.24) is 0 Å². The maximum absolute atomic E-state index is 12.2. The molecule has 1 N–H and O–H groups in total. The van der Waals surface area contributed by atoms with Crippen LogP contribution in [0.3, 0.4) is 0 Å². The van der Waals surface area contributed by atoms with Gasteiger partial charge >= 0.3 is 5.97 Å². The molecule has 0 aliphatic heterocycles. The Hall–Kier alpha value is -2.08. The summed E-state index contributed by atoms with van der Waals surface area (Å²) in [7, 11) is 0.148. The van der Waals surface area contributed by atoms with Crippen LogP contribution < -0.4 is 4.74 Å². The standard InChI is InChI=1S/C13H12O5S/c1-17-10-4-2-3-5-12(10)19(16)8-9-6-7-11(18-9)13(14)15/h2-7H,8H2,1H3,(H,14,15). The average molecular weight is 280 g/mol. The molecule has 1 unspecified atom stereocenters. The van der Waals surface area contributed by atoms with E-state index in [9.17, 15) is 9.00 Å². The average Bonchev–Trinajstić information content (AvgIpc) is 2.87. The number of carbonyl (C=O) groups is 1. The molecule has 0 saturated heterocycles. The Morgan fingerprint density at radius 2 is 2.05 bits per heavy atom. The van der Waals surface area contributed by atoms with Crippen molar-refractivity contribution < 1.29 is 23.3 Å². The third kappa shape index (κ3) is 3.03. The van der Waals surface area contributed by atoms with Crippen molar-refractivity contribution in [2.24, 2.45) is 0 Å². The molecule has 0 amide bonds. The van der Waals surface area contributed by atoms with Crippen LogP contribution >= 0.6 is 0 Å². The van der Waals surface area contributed by atoms with E-state index in [2.05, 4.69) is 0 Å². The maximum atomic E-state index is 12.2. The Morgan fingerprint density at radius 1 is 1.32 bits per heavy atom. The van der Waals surface area contributed by atoms with Crippen molar-refractivity contribution >= 4 is 16.8 Å². The molecule has 6 heteroatoms. The predicted octanol–water partition coefficient (Wildman–Crippen LogP) is 2.29. The lowest BCUT2D eigenvalue weighted by Gasteiger charge is -2.06. The lowest BCUT2D eigenvalue weighted by molar-refractivity contribution is 0.0661. The van der Waals surface area contributed by atoms with Gasteiger partial charge in [-0.3, -0.25) is 4.21 Å². The van der Waals surface area contributed by atoms with Crippen molar-refractivity contribution in [3.63, 3.8) is 0 Å². The maximum Gasteiger partial charge on any atom is 0.371 e. The van der Waals surface area contributed by atoms with Crippen LogP contribution in [0.2, 0.25) is 0 Å². The largest absolute Gasteiger partial charge is 0.495 e. The van der Waals surface area contributed by atoms with Gasteiger partial charge in [-0.15, -0.1) is 0 Å². The Balaban J connectivity index is 2.18. The highest BCUT2D eigenvalue weighted by molar-refractivity contribution is 7.84. The number of carboxylic acids is 1. The monoisotopic (exact) mass is 280 g/mol. The number of ether oxygens (including phenoxy) is 1. The highest BCUT2D eigenvalue weighted by Gasteiger charge is 2.14. The molecule has 0 fully saturated rings. The van der Waals surface area contributed by atoms with E-state index in [1.54, 1.807) is 24.3 Å². The van der Waals surface area contributed by atoms with Gasteiger partial charge in [0.25, 0.3) is 0 Å². The van der Waals surface area contributed by atoms with E-state index in [1.807, 2.05) is 0 Å². The highest BCUT2D eigenvalue weighted by Crippen LogP contribution is 2.23. The third-order valence-electron chi connectivity index (χ3n) is 2.46. The van der Waals surface area contributed by atoms with Gasteiger partial charge in [0.2, 0.25) is 5.76 Å². The molecule has 0 radical (unpaired) electrons. The van der Waals surface area contributed by atoms with Crippen LogP contribution in [-0.4, -0.2) is 22.4 Å². The van der Waals surface area contributed by atoms with E-state index in [1.165, 1.54) is 19.2 Å². The van der Waals surface area contributed by atoms with Gasteiger partial charge in [0.15, 0.2) is 0 Å². The molecule has 1 atom stereocenters. The molecule has 5 nitrogen and oxygen atoms in total. The smallest absolute Gasteiger partial charge is 0.371 e. The second-order valence-electron chi connectivity index (χ2n) is 3.71. The van der Waals surface area contributed by atoms with Crippen LogP contribution in [-0.2, 0) is 16.6 Å². The van der Waals surface area contributed by atoms with Gasteiger partial charge in [-0.25, -0.2) is 4.79 Å². The minimum Gasteiger partial charge on any atom is -0.495 e. The number of benzene rings is 1. The predicted molar refractivity (Wildman–Crippen MR) is 68.8 cm³/mol. The van der Waals surface area contributed by atoms with Gasteiger partial charge in [0.1, 0.15) is 11.5 Å². The molecular weight excluding hydrogens is 268 g/mol. The Kier molecular flexibility index (Phi) is 4.01. The summed E-state index contributed by atoms with van der Waals surface area (Å²) in [4.78, 5) is 11.2. The first-order valence-corrected chi connectivity index (χ1v) is 6.77. The lowest BCUT2D eigenvalue weighted by Crippen LogP contribution is -1.99. The molecule has 1 aromatic heterocycles. The zero-order valence-corrected chi connectivity index (χ0v) is 11.0. The van der Waals surface area contributed by atoms with Crippen LogP contribution in [0.25, 0.3) is 0 Å². The second-order valence-corrected chi connectivity index (χ2v) is 5.13. The number of furan rings is 1. The molecule has 2 aromatic rings. The molecular formula is C13H12O5S. The number of para-hydroxylation sites is 1. The Labute approximate surface area is 112 Å². The van der Waals surface area contributed by atoms with Gasteiger partial charge in [-0.2, -0.15) is 0 Å². The van der Waals surface area contributed by atoms with Gasteiger partial charge in [-0.1, -0.05) is 12.1 Å². The van der Waals surface area contributed by atoms with Crippen molar-refractivity contribution in [3.05, 3.63) is 47.9 Å². The van der Waals surface area contributed by atoms with Crippen molar-refractivity contribution in [2.45, 2.75) is 10.6 Å². The van der Waals surface area contributed by atoms with E-state index in [4.69, 9.17) is 14.3 Å². The third-order valence-corrected chi connectivity index (χ3v) is 3.83. The molecule has 2 rings (SSSR count). The number of methoxy groups -OCH3 is 1. The van der Waals surface area contributed by atoms with Crippen LogP contribution in [0.4, 0.5) is 0 Å². The van der Waals surface area contributed by atoms with E-state index in [0.717, 1.165) is 0 Å². The number of rotatable bonds is 5. The number of carboxylic acid groups (broad SMARTS) is 1. The fourth-order valence-corrected chi connectivity index (χ4v) is 2.76. The van der Waals surface area contributed by atoms with E-state index < -0.39 is 16.8 Å². The van der Waals surface area contributed by atoms with Gasteiger partial charge < -0.3 is 14.3 Å². The normalized spacial score (nSPS) is 12.1. The zero-order chi connectivity index (χ0) is 13.8. The molecule has 0 saturated carbocycles. The molecule has 19 heavy (non-hydrogen) atoms. The van der Waals surface area contributed by atoms with Crippen molar-refractivity contribution in [1.29, 1.82) is 0 Å². The molecule has 0 aliphatic rings. The Bertz CT molecular complexity index is 617. The molecule has 100 valence electrons. The summed E-state index contributed by atoms with van der Waals surface area (Å²) in [5, 5.41) is 8.74. The van der Waals surface area contributed by atoms with Gasteiger partial charge in [0.05, 0.1) is 28.6 Å². The minimum absolute atomic E-state index is 0.105. The summed E-state index contributed by atoms with van der Waals surface area (Å²) in [5.74, 6) is -0.304. The van der Waals surface area contributed by atoms with Crippen molar-refractivity contribution in [3.8, 4) is 5.75 Å². The van der Waals surface area contributed by atoms with E-state index in [-0.39, 0.29) is 11.5 Å². The first-order valence-electron chi connectivity index (χ1n) is 5.45. The first-order chi connectivity index (χ1) is 9.11. The lowest BCUT2D eigenvalue weighted by atomic mass is 10.3. The summed E-state index contributed by atoms with van der Waals surface area (Å²) in [6.45, 7) is 0. The van der Waals surface area contributed by atoms with Crippen molar-refractivity contribution in [2.75, 3.05) is 7.11 Å². The summed E-state index contributed by atoms with van der Waals surface area (Å²) < 4.78 is 22.4. The van der Waals surface area contributed by atoms with Crippen LogP contribution in [0, 0.1) is 0 Å². The van der Waals surface area contributed by atoms with Gasteiger partial charge in [0, 0.05) is 0 Å².